The number of rotatable bonds is 3. The highest BCUT2D eigenvalue weighted by molar-refractivity contribution is 5.91. The Morgan fingerprint density at radius 1 is 1.07 bits per heavy atom. The van der Waals surface area contributed by atoms with E-state index in [4.69, 9.17) is 4.74 Å². The lowest BCUT2D eigenvalue weighted by Crippen LogP contribution is -2.37. The average Bonchev–Trinajstić information content (AvgIpc) is 3.02. The van der Waals surface area contributed by atoms with Crippen molar-refractivity contribution in [3.63, 3.8) is 0 Å². The number of ether oxygens (including phenoxy) is 1. The van der Waals surface area contributed by atoms with Gasteiger partial charge in [0.2, 0.25) is 0 Å². The van der Waals surface area contributed by atoms with E-state index in [-0.39, 0.29) is 6.03 Å². The van der Waals surface area contributed by atoms with Gasteiger partial charge in [-0.05, 0) is 55.2 Å². The molecule has 1 aliphatic rings. The molecule has 2 amide bonds. The predicted octanol–water partition coefficient (Wildman–Crippen LogP) is 3.82. The topological polar surface area (TPSA) is 59.4 Å². The summed E-state index contributed by atoms with van der Waals surface area (Å²) in [5.74, 6) is 0.902. The number of aryl methyl sites for hydroxylation is 1. The normalized spacial score (nSPS) is 13.6. The third kappa shape index (κ3) is 3.58. The molecular formula is C22H24N4O2. The largest absolute Gasteiger partial charge is 0.496 e. The van der Waals surface area contributed by atoms with Gasteiger partial charge in [-0.15, -0.1) is 0 Å². The zero-order valence-electron chi connectivity index (χ0n) is 16.2. The minimum absolute atomic E-state index is 0.0944. The Kier molecular flexibility index (Phi) is 5.02. The molecule has 2 heterocycles. The van der Waals surface area contributed by atoms with Crippen LogP contribution in [0.5, 0.6) is 5.75 Å². The van der Waals surface area contributed by atoms with Gasteiger partial charge in [-0.3, -0.25) is 0 Å². The lowest BCUT2D eigenvalue weighted by Gasteiger charge is -2.22. The van der Waals surface area contributed by atoms with E-state index in [2.05, 4.69) is 16.5 Å². The Labute approximate surface area is 164 Å². The fraction of sp³-hybridized carbons (Fsp3) is 0.273. The van der Waals surface area contributed by atoms with E-state index in [1.165, 1.54) is 11.1 Å². The second-order valence-electron chi connectivity index (χ2n) is 6.93. The number of hydrogen-bond donors (Lipinski definition) is 1. The fourth-order valence-electron chi connectivity index (χ4n) is 3.66. The lowest BCUT2D eigenvalue weighted by molar-refractivity contribution is 0.214. The van der Waals surface area contributed by atoms with Crippen LogP contribution in [0.25, 0.3) is 5.69 Å². The first-order valence-corrected chi connectivity index (χ1v) is 9.48. The summed E-state index contributed by atoms with van der Waals surface area (Å²) in [6.07, 6.45) is 3.50. The number of aromatic nitrogens is 2. The number of amides is 2. The summed E-state index contributed by atoms with van der Waals surface area (Å²) < 4.78 is 7.28. The van der Waals surface area contributed by atoms with Crippen molar-refractivity contribution in [2.75, 3.05) is 25.5 Å². The van der Waals surface area contributed by atoms with Crippen LogP contribution in [-0.4, -0.2) is 40.9 Å². The second kappa shape index (κ2) is 7.76. The smallest absolute Gasteiger partial charge is 0.321 e. The Balaban J connectivity index is 1.51. The Bertz CT molecular complexity index is 996. The predicted molar refractivity (Wildman–Crippen MR) is 109 cm³/mol. The van der Waals surface area contributed by atoms with Gasteiger partial charge in [-0.1, -0.05) is 24.3 Å². The summed E-state index contributed by atoms with van der Waals surface area (Å²) in [5.41, 5.74) is 4.98. The van der Waals surface area contributed by atoms with Crippen LogP contribution >= 0.6 is 0 Å². The molecular weight excluding hydrogens is 352 g/mol. The molecule has 0 saturated heterocycles. The molecule has 144 valence electrons. The van der Waals surface area contributed by atoms with Gasteiger partial charge in [-0.2, -0.15) is 5.10 Å². The molecule has 28 heavy (non-hydrogen) atoms. The summed E-state index contributed by atoms with van der Waals surface area (Å²) in [5, 5.41) is 7.53. The van der Waals surface area contributed by atoms with E-state index in [0.29, 0.717) is 13.1 Å². The van der Waals surface area contributed by atoms with Crippen LogP contribution in [0.3, 0.4) is 0 Å². The Morgan fingerprint density at radius 3 is 2.68 bits per heavy atom. The van der Waals surface area contributed by atoms with Crippen molar-refractivity contribution >= 4 is 11.7 Å². The number of fused-ring (bicyclic) bond motifs is 1. The molecule has 1 aromatic heterocycles. The molecule has 0 radical (unpaired) electrons. The van der Waals surface area contributed by atoms with E-state index < -0.39 is 0 Å². The second-order valence-corrected chi connectivity index (χ2v) is 6.93. The summed E-state index contributed by atoms with van der Waals surface area (Å²) in [6.45, 7) is 3.28. The van der Waals surface area contributed by atoms with E-state index in [1.807, 2.05) is 60.5 Å². The van der Waals surface area contributed by atoms with Crippen LogP contribution < -0.4 is 10.1 Å². The van der Waals surface area contributed by atoms with Crippen molar-refractivity contribution in [1.29, 1.82) is 0 Å². The lowest BCUT2D eigenvalue weighted by atomic mass is 10.0. The van der Waals surface area contributed by atoms with Gasteiger partial charge in [0.25, 0.3) is 0 Å². The minimum atomic E-state index is -0.0944. The maximum Gasteiger partial charge on any atom is 0.321 e. The first-order valence-electron chi connectivity index (χ1n) is 9.48. The highest BCUT2D eigenvalue weighted by Gasteiger charge is 2.21. The van der Waals surface area contributed by atoms with Gasteiger partial charge >= 0.3 is 6.03 Å². The van der Waals surface area contributed by atoms with E-state index in [0.717, 1.165) is 35.7 Å². The van der Waals surface area contributed by atoms with Gasteiger partial charge < -0.3 is 15.0 Å². The molecule has 3 aromatic rings. The third-order valence-corrected chi connectivity index (χ3v) is 5.13. The molecule has 0 atom stereocenters. The summed E-state index contributed by atoms with van der Waals surface area (Å²) >= 11 is 0. The number of methoxy groups -OCH3 is 1. The van der Waals surface area contributed by atoms with Crippen LogP contribution in [0.15, 0.2) is 54.7 Å². The third-order valence-electron chi connectivity index (χ3n) is 5.13. The number of anilines is 1. The quantitative estimate of drug-likeness (QED) is 0.756. The Hall–Kier alpha value is -3.28. The van der Waals surface area contributed by atoms with Gasteiger partial charge in [-0.25, -0.2) is 9.48 Å². The van der Waals surface area contributed by atoms with Crippen LogP contribution in [-0.2, 0) is 12.8 Å². The first-order chi connectivity index (χ1) is 13.7. The zero-order valence-corrected chi connectivity index (χ0v) is 16.2. The molecule has 1 N–H and O–H groups in total. The van der Waals surface area contributed by atoms with Gasteiger partial charge in [0, 0.05) is 19.3 Å². The molecule has 6 heteroatoms. The highest BCUT2D eigenvalue weighted by Crippen LogP contribution is 2.26. The SMILES string of the molecule is COc1cccc2c1CCN(C(=O)Nc1ccccc1-n1ccc(C)n1)CC2. The van der Waals surface area contributed by atoms with E-state index in [1.54, 1.807) is 11.8 Å². The number of hydrogen-bond acceptors (Lipinski definition) is 3. The minimum Gasteiger partial charge on any atom is -0.496 e. The maximum atomic E-state index is 13.0. The molecule has 0 saturated carbocycles. The van der Waals surface area contributed by atoms with Crippen molar-refractivity contribution in [1.82, 2.24) is 14.7 Å². The summed E-state index contributed by atoms with van der Waals surface area (Å²) in [7, 11) is 1.69. The number of para-hydroxylation sites is 2. The fourth-order valence-corrected chi connectivity index (χ4v) is 3.66. The molecule has 0 unspecified atom stereocenters. The number of carbonyl (C=O) groups excluding carboxylic acids is 1. The van der Waals surface area contributed by atoms with E-state index in [9.17, 15) is 4.79 Å². The van der Waals surface area contributed by atoms with Crippen molar-refractivity contribution in [3.05, 3.63) is 71.5 Å². The molecule has 6 nitrogen and oxygen atoms in total. The van der Waals surface area contributed by atoms with Gasteiger partial charge in [0.1, 0.15) is 5.75 Å². The van der Waals surface area contributed by atoms with Crippen LogP contribution in [0, 0.1) is 6.92 Å². The molecule has 1 aliphatic heterocycles. The van der Waals surface area contributed by atoms with Crippen LogP contribution in [0.1, 0.15) is 16.8 Å². The van der Waals surface area contributed by atoms with E-state index >= 15 is 0 Å². The van der Waals surface area contributed by atoms with Crippen LogP contribution in [0.2, 0.25) is 0 Å². The molecule has 0 spiro atoms. The van der Waals surface area contributed by atoms with Crippen molar-refractivity contribution < 1.29 is 9.53 Å². The maximum absolute atomic E-state index is 13.0. The van der Waals surface area contributed by atoms with Gasteiger partial charge in [0.15, 0.2) is 0 Å². The molecule has 4 rings (SSSR count). The average molecular weight is 376 g/mol. The number of benzene rings is 2. The molecule has 0 bridgehead atoms. The Morgan fingerprint density at radius 2 is 1.89 bits per heavy atom. The highest BCUT2D eigenvalue weighted by atomic mass is 16.5. The van der Waals surface area contributed by atoms with Crippen LogP contribution in [0.4, 0.5) is 10.5 Å². The monoisotopic (exact) mass is 376 g/mol. The van der Waals surface area contributed by atoms with Crippen molar-refractivity contribution in [2.45, 2.75) is 19.8 Å². The molecule has 2 aromatic carbocycles. The first kappa shape index (κ1) is 18.1. The standard InChI is InChI=1S/C22H24N4O2/c1-16-10-15-26(24-16)20-8-4-3-7-19(20)23-22(27)25-13-11-17-6-5-9-21(28-2)18(17)12-14-25/h3-10,15H,11-14H2,1-2H3,(H,23,27). The molecule has 0 fully saturated rings. The number of carbonyl (C=O) groups is 1. The number of nitrogens with zero attached hydrogens (tertiary/aromatic N) is 3. The summed E-state index contributed by atoms with van der Waals surface area (Å²) in [6, 6.07) is 15.7. The zero-order chi connectivity index (χ0) is 19.5. The van der Waals surface area contributed by atoms with Gasteiger partial charge in [0.05, 0.1) is 24.2 Å². The van der Waals surface area contributed by atoms with Crippen molar-refractivity contribution in [3.8, 4) is 11.4 Å². The number of urea groups is 1. The number of nitrogens with one attached hydrogen (secondary N) is 1. The van der Waals surface area contributed by atoms with Crippen molar-refractivity contribution in [2.24, 2.45) is 0 Å². The summed E-state index contributed by atoms with van der Waals surface area (Å²) in [4.78, 5) is 14.8. The molecule has 0 aliphatic carbocycles.